The van der Waals surface area contributed by atoms with Crippen molar-refractivity contribution in [1.29, 1.82) is 0 Å². The third-order valence-electron chi connectivity index (χ3n) is 6.68. The highest BCUT2D eigenvalue weighted by Gasteiger charge is 2.22. The largest absolute Gasteiger partial charge is 0.352 e. The van der Waals surface area contributed by atoms with Crippen molar-refractivity contribution >= 4 is 17.5 Å². The minimum atomic E-state index is -0.00991. The summed E-state index contributed by atoms with van der Waals surface area (Å²) in [4.78, 5) is 28.6. The van der Waals surface area contributed by atoms with Crippen LogP contribution in [0.1, 0.15) is 55.5 Å². The maximum Gasteiger partial charge on any atom is 0.251 e. The highest BCUT2D eigenvalue weighted by Crippen LogP contribution is 2.32. The average molecular weight is 420 g/mol. The lowest BCUT2D eigenvalue weighted by Crippen LogP contribution is -2.39. The third-order valence-corrected chi connectivity index (χ3v) is 6.68. The molecule has 2 aromatic carbocycles. The Morgan fingerprint density at radius 3 is 2.55 bits per heavy atom. The van der Waals surface area contributed by atoms with Gasteiger partial charge in [0.2, 0.25) is 5.91 Å². The fourth-order valence-corrected chi connectivity index (χ4v) is 4.80. The standard InChI is InChI=1S/C26H33N3O2/c1-19-6-3-4-15-28(19)16-5-14-27-26(31)22-9-7-21(8-10-22)23-11-12-25-24(18-23)13-17-29(25)20(2)30/h7-12,18-19H,3-6,13-17H2,1-2H3,(H,27,31)/t19-/m0/s1. The number of nitrogens with zero attached hydrogens (tertiary/aromatic N) is 2. The first kappa shape index (κ1) is 21.6. The molecule has 0 unspecified atom stereocenters. The summed E-state index contributed by atoms with van der Waals surface area (Å²) in [6.07, 6.45) is 5.80. The Bertz CT molecular complexity index is 938. The fourth-order valence-electron chi connectivity index (χ4n) is 4.80. The zero-order valence-electron chi connectivity index (χ0n) is 18.7. The van der Waals surface area contributed by atoms with E-state index in [0.717, 1.165) is 42.7 Å². The van der Waals surface area contributed by atoms with Gasteiger partial charge in [-0.2, -0.15) is 0 Å². The van der Waals surface area contributed by atoms with Crippen LogP contribution in [-0.2, 0) is 11.2 Å². The zero-order chi connectivity index (χ0) is 21.8. The number of rotatable bonds is 6. The lowest BCUT2D eigenvalue weighted by Gasteiger charge is -2.33. The molecule has 2 aliphatic heterocycles. The minimum Gasteiger partial charge on any atom is -0.352 e. The molecule has 0 radical (unpaired) electrons. The third kappa shape index (κ3) is 4.99. The van der Waals surface area contributed by atoms with Gasteiger partial charge in [0.25, 0.3) is 5.91 Å². The van der Waals surface area contributed by atoms with Crippen LogP contribution in [0.5, 0.6) is 0 Å². The van der Waals surface area contributed by atoms with Gasteiger partial charge >= 0.3 is 0 Å². The molecule has 5 heteroatoms. The lowest BCUT2D eigenvalue weighted by molar-refractivity contribution is -0.116. The van der Waals surface area contributed by atoms with Crippen molar-refractivity contribution in [2.24, 2.45) is 0 Å². The summed E-state index contributed by atoms with van der Waals surface area (Å²) >= 11 is 0. The molecule has 1 atom stereocenters. The van der Waals surface area contributed by atoms with Gasteiger partial charge in [-0.25, -0.2) is 0 Å². The predicted octanol–water partition coefficient (Wildman–Crippen LogP) is 4.26. The minimum absolute atomic E-state index is 0.00991. The Morgan fingerprint density at radius 1 is 1.03 bits per heavy atom. The van der Waals surface area contributed by atoms with Gasteiger partial charge in [-0.15, -0.1) is 0 Å². The molecule has 5 nitrogen and oxygen atoms in total. The molecule has 1 saturated heterocycles. The normalized spacial score (nSPS) is 18.6. The first-order chi connectivity index (χ1) is 15.0. The summed E-state index contributed by atoms with van der Waals surface area (Å²) in [5.41, 5.74) is 5.12. The fraction of sp³-hybridized carbons (Fsp3) is 0.462. The first-order valence-corrected chi connectivity index (χ1v) is 11.6. The van der Waals surface area contributed by atoms with Crippen LogP contribution in [0.15, 0.2) is 42.5 Å². The van der Waals surface area contributed by atoms with Crippen LogP contribution >= 0.6 is 0 Å². The van der Waals surface area contributed by atoms with E-state index in [1.807, 2.05) is 35.2 Å². The van der Waals surface area contributed by atoms with Gasteiger partial charge < -0.3 is 15.1 Å². The van der Waals surface area contributed by atoms with Crippen LogP contribution in [0, 0.1) is 0 Å². The molecule has 1 fully saturated rings. The molecule has 2 aromatic rings. The predicted molar refractivity (Wildman–Crippen MR) is 125 cm³/mol. The maximum atomic E-state index is 12.5. The second-order valence-electron chi connectivity index (χ2n) is 8.83. The van der Waals surface area contributed by atoms with Crippen LogP contribution in [0.25, 0.3) is 11.1 Å². The number of anilines is 1. The van der Waals surface area contributed by atoms with E-state index in [4.69, 9.17) is 0 Å². The second kappa shape index (κ2) is 9.65. The van der Waals surface area contributed by atoms with Crippen molar-refractivity contribution in [3.8, 4) is 11.1 Å². The number of carbonyl (C=O) groups is 2. The van der Waals surface area contributed by atoms with Crippen LogP contribution in [0.2, 0.25) is 0 Å². The number of piperidine rings is 1. The Morgan fingerprint density at radius 2 is 1.81 bits per heavy atom. The Hall–Kier alpha value is -2.66. The number of benzene rings is 2. The summed E-state index contributed by atoms with van der Waals surface area (Å²) in [6, 6.07) is 14.7. The molecule has 0 bridgehead atoms. The molecule has 4 rings (SSSR count). The zero-order valence-corrected chi connectivity index (χ0v) is 18.7. The summed E-state index contributed by atoms with van der Waals surface area (Å²) in [6.45, 7) is 7.62. The summed E-state index contributed by atoms with van der Waals surface area (Å²) in [5.74, 6) is 0.0802. The Kier molecular flexibility index (Phi) is 6.71. The van der Waals surface area contributed by atoms with Crippen molar-refractivity contribution in [3.63, 3.8) is 0 Å². The monoisotopic (exact) mass is 419 g/mol. The van der Waals surface area contributed by atoms with E-state index in [2.05, 4.69) is 29.3 Å². The van der Waals surface area contributed by atoms with Crippen LogP contribution < -0.4 is 10.2 Å². The van der Waals surface area contributed by atoms with E-state index in [1.54, 1.807) is 6.92 Å². The number of amides is 2. The number of carbonyl (C=O) groups excluding carboxylic acids is 2. The number of fused-ring (bicyclic) bond motifs is 1. The van der Waals surface area contributed by atoms with Crippen molar-refractivity contribution in [1.82, 2.24) is 10.2 Å². The molecular formula is C26H33N3O2. The Balaban J connectivity index is 1.31. The number of likely N-dealkylation sites (tertiary alicyclic amines) is 1. The molecule has 0 spiro atoms. The quantitative estimate of drug-likeness (QED) is 0.712. The molecule has 0 aromatic heterocycles. The molecule has 1 N–H and O–H groups in total. The number of nitrogens with one attached hydrogen (secondary N) is 1. The number of hydrogen-bond donors (Lipinski definition) is 1. The topological polar surface area (TPSA) is 52.7 Å². The molecule has 2 aliphatic rings. The lowest BCUT2D eigenvalue weighted by atomic mass is 10.0. The van der Waals surface area contributed by atoms with Crippen LogP contribution in [0.3, 0.4) is 0 Å². The highest BCUT2D eigenvalue weighted by molar-refractivity contribution is 5.95. The van der Waals surface area contributed by atoms with Gasteiger partial charge in [0.15, 0.2) is 0 Å². The second-order valence-corrected chi connectivity index (χ2v) is 8.83. The first-order valence-electron chi connectivity index (χ1n) is 11.6. The molecule has 164 valence electrons. The summed E-state index contributed by atoms with van der Waals surface area (Å²) in [5, 5.41) is 3.06. The van der Waals surface area contributed by atoms with Crippen molar-refractivity contribution < 1.29 is 9.59 Å². The van der Waals surface area contributed by atoms with Gasteiger partial charge in [0.05, 0.1) is 0 Å². The van der Waals surface area contributed by atoms with Gasteiger partial charge in [-0.3, -0.25) is 9.59 Å². The highest BCUT2D eigenvalue weighted by atomic mass is 16.2. The SMILES string of the molecule is CC(=O)N1CCc2cc(-c3ccc(C(=O)NCCCN4CCCC[C@@H]4C)cc3)ccc21. The maximum absolute atomic E-state index is 12.5. The van der Waals surface area contributed by atoms with E-state index in [9.17, 15) is 9.59 Å². The van der Waals surface area contributed by atoms with Gasteiger partial charge in [0, 0.05) is 43.9 Å². The summed E-state index contributed by atoms with van der Waals surface area (Å²) in [7, 11) is 0. The van der Waals surface area contributed by atoms with Gasteiger partial charge in [-0.05, 0) is 80.1 Å². The van der Waals surface area contributed by atoms with Crippen molar-refractivity contribution in [3.05, 3.63) is 53.6 Å². The molecule has 2 heterocycles. The van der Waals surface area contributed by atoms with E-state index in [0.29, 0.717) is 18.2 Å². The van der Waals surface area contributed by atoms with E-state index in [1.165, 1.54) is 31.4 Å². The van der Waals surface area contributed by atoms with Crippen molar-refractivity contribution in [2.75, 3.05) is 31.1 Å². The molecule has 2 amide bonds. The molecular weight excluding hydrogens is 386 g/mol. The Labute approximate surface area is 185 Å². The van der Waals surface area contributed by atoms with Gasteiger partial charge in [0.1, 0.15) is 0 Å². The molecule has 0 saturated carbocycles. The smallest absolute Gasteiger partial charge is 0.251 e. The van der Waals surface area contributed by atoms with Crippen molar-refractivity contribution in [2.45, 2.75) is 52.0 Å². The molecule has 0 aliphatic carbocycles. The van der Waals surface area contributed by atoms with E-state index in [-0.39, 0.29) is 11.8 Å². The van der Waals surface area contributed by atoms with E-state index < -0.39 is 0 Å². The number of hydrogen-bond acceptors (Lipinski definition) is 3. The van der Waals surface area contributed by atoms with Crippen LogP contribution in [-0.4, -0.2) is 48.9 Å². The van der Waals surface area contributed by atoms with Crippen LogP contribution in [0.4, 0.5) is 5.69 Å². The van der Waals surface area contributed by atoms with E-state index >= 15 is 0 Å². The summed E-state index contributed by atoms with van der Waals surface area (Å²) < 4.78 is 0. The van der Waals surface area contributed by atoms with Gasteiger partial charge in [-0.1, -0.05) is 24.6 Å². The average Bonchev–Trinajstić information content (AvgIpc) is 3.21. The molecule has 31 heavy (non-hydrogen) atoms.